The van der Waals surface area contributed by atoms with Gasteiger partial charge in [-0.1, -0.05) is 12.2 Å². The van der Waals surface area contributed by atoms with Crippen LogP contribution in [0.1, 0.15) is 6.92 Å². The van der Waals surface area contributed by atoms with Gasteiger partial charge >= 0.3 is 12.1 Å². The van der Waals surface area contributed by atoms with E-state index >= 15 is 0 Å². The van der Waals surface area contributed by atoms with Crippen molar-refractivity contribution >= 4 is 23.2 Å². The van der Waals surface area contributed by atoms with E-state index in [4.69, 9.17) is 27.9 Å². The fourth-order valence-corrected chi connectivity index (χ4v) is 0.350. The van der Waals surface area contributed by atoms with Gasteiger partial charge in [-0.2, -0.15) is 13.2 Å². The van der Waals surface area contributed by atoms with Gasteiger partial charge in [-0.25, -0.2) is 4.79 Å². The third kappa shape index (κ3) is 13.7. The molecule has 0 fully saturated rings. The Kier molecular flexibility index (Phi) is 8.35. The number of nitrogens with one attached hydrogen (secondary N) is 1. The van der Waals surface area contributed by atoms with Crippen molar-refractivity contribution in [3.63, 3.8) is 0 Å². The molecule has 0 unspecified atom stereocenters. The SMILES string of the molecule is CC(=S)NCCN.O=C(O)C(F)(F)F. The van der Waals surface area contributed by atoms with Crippen molar-refractivity contribution in [1.82, 2.24) is 5.32 Å². The lowest BCUT2D eigenvalue weighted by molar-refractivity contribution is -0.192. The molecular formula is C6H11F3N2O2S. The molecule has 0 rings (SSSR count). The van der Waals surface area contributed by atoms with Crippen LogP contribution in [0.15, 0.2) is 0 Å². The molecule has 4 N–H and O–H groups in total. The zero-order valence-corrected chi connectivity index (χ0v) is 8.21. The summed E-state index contributed by atoms with van der Waals surface area (Å²) in [5.74, 6) is -2.76. The maximum absolute atomic E-state index is 10.6. The number of carboxylic acids is 1. The lowest BCUT2D eigenvalue weighted by Crippen LogP contribution is -2.25. The fraction of sp³-hybridized carbons (Fsp3) is 0.667. The Hall–Kier alpha value is -0.890. The third-order valence-electron chi connectivity index (χ3n) is 0.761. The van der Waals surface area contributed by atoms with E-state index in [9.17, 15) is 13.2 Å². The molecule has 0 aromatic heterocycles. The van der Waals surface area contributed by atoms with Gasteiger partial charge in [-0.15, -0.1) is 0 Å². The van der Waals surface area contributed by atoms with Gasteiger partial charge < -0.3 is 16.2 Å². The Bertz CT molecular complexity index is 196. The highest BCUT2D eigenvalue weighted by Gasteiger charge is 2.38. The minimum Gasteiger partial charge on any atom is -0.475 e. The van der Waals surface area contributed by atoms with Gasteiger partial charge in [0.25, 0.3) is 0 Å². The molecule has 0 heterocycles. The molecule has 0 aromatic rings. The van der Waals surface area contributed by atoms with Crippen molar-refractivity contribution in [3.05, 3.63) is 0 Å². The zero-order chi connectivity index (χ0) is 11.8. The van der Waals surface area contributed by atoms with E-state index in [0.717, 1.165) is 11.5 Å². The van der Waals surface area contributed by atoms with Gasteiger partial charge in [0.1, 0.15) is 0 Å². The highest BCUT2D eigenvalue weighted by molar-refractivity contribution is 7.80. The number of alkyl halides is 3. The van der Waals surface area contributed by atoms with Crippen LogP contribution in [0.5, 0.6) is 0 Å². The van der Waals surface area contributed by atoms with Crippen LogP contribution in [0.25, 0.3) is 0 Å². The maximum atomic E-state index is 10.6. The molecule has 14 heavy (non-hydrogen) atoms. The average Bonchev–Trinajstić information content (AvgIpc) is 2.00. The van der Waals surface area contributed by atoms with Crippen molar-refractivity contribution in [2.75, 3.05) is 13.1 Å². The van der Waals surface area contributed by atoms with E-state index in [1.54, 1.807) is 0 Å². The molecule has 0 saturated heterocycles. The van der Waals surface area contributed by atoms with Gasteiger partial charge in [0.2, 0.25) is 0 Å². The minimum absolute atomic E-state index is 0.647. The first-order chi connectivity index (χ1) is 6.21. The molecule has 8 heteroatoms. The zero-order valence-electron chi connectivity index (χ0n) is 7.39. The van der Waals surface area contributed by atoms with Crippen LogP contribution in [0.3, 0.4) is 0 Å². The summed E-state index contributed by atoms with van der Waals surface area (Å²) >= 11 is 4.69. The van der Waals surface area contributed by atoms with E-state index in [1.165, 1.54) is 0 Å². The van der Waals surface area contributed by atoms with Gasteiger partial charge in [-0.05, 0) is 6.92 Å². The summed E-state index contributed by atoms with van der Waals surface area (Å²) in [4.78, 5) is 9.71. The third-order valence-corrected chi connectivity index (χ3v) is 0.905. The average molecular weight is 232 g/mol. The molecule has 84 valence electrons. The predicted octanol–water partition coefficient (Wildman–Crippen LogP) is 0.515. The number of rotatable bonds is 2. The number of nitrogens with two attached hydrogens (primary N) is 1. The highest BCUT2D eigenvalue weighted by atomic mass is 32.1. The largest absolute Gasteiger partial charge is 0.490 e. The quantitative estimate of drug-likeness (QED) is 0.605. The molecule has 0 amide bonds. The smallest absolute Gasteiger partial charge is 0.475 e. The van der Waals surface area contributed by atoms with E-state index in [0.29, 0.717) is 6.54 Å². The Morgan fingerprint density at radius 2 is 1.93 bits per heavy atom. The van der Waals surface area contributed by atoms with E-state index in [-0.39, 0.29) is 0 Å². The number of halogens is 3. The first-order valence-corrected chi connectivity index (χ1v) is 3.87. The maximum Gasteiger partial charge on any atom is 0.490 e. The number of hydrogen-bond acceptors (Lipinski definition) is 3. The lowest BCUT2D eigenvalue weighted by atomic mass is 10.6. The molecule has 0 radical (unpaired) electrons. The van der Waals surface area contributed by atoms with Gasteiger partial charge in [-0.3, -0.25) is 0 Å². The van der Waals surface area contributed by atoms with Crippen LogP contribution < -0.4 is 11.1 Å². The Labute approximate surface area is 84.3 Å². The molecule has 0 saturated carbocycles. The second-order valence-electron chi connectivity index (χ2n) is 2.07. The monoisotopic (exact) mass is 232 g/mol. The summed E-state index contributed by atoms with van der Waals surface area (Å²) in [6, 6.07) is 0. The summed E-state index contributed by atoms with van der Waals surface area (Å²) in [5.41, 5.74) is 5.15. The number of thiocarbonyl (C=S) groups is 1. The Morgan fingerprint density at radius 1 is 1.57 bits per heavy atom. The van der Waals surface area contributed by atoms with Crippen molar-refractivity contribution in [2.45, 2.75) is 13.1 Å². The van der Waals surface area contributed by atoms with Crippen molar-refractivity contribution in [1.29, 1.82) is 0 Å². The lowest BCUT2D eigenvalue weighted by Gasteiger charge is -1.96. The molecule has 0 spiro atoms. The molecule has 4 nitrogen and oxygen atoms in total. The summed E-state index contributed by atoms with van der Waals surface area (Å²) in [6.45, 7) is 3.27. The van der Waals surface area contributed by atoms with Crippen LogP contribution in [-0.2, 0) is 4.79 Å². The van der Waals surface area contributed by atoms with E-state index in [1.807, 2.05) is 6.92 Å². The molecule has 0 aliphatic carbocycles. The fourth-order valence-electron chi connectivity index (χ4n) is 0.248. The first-order valence-electron chi connectivity index (χ1n) is 3.46. The molecule has 0 atom stereocenters. The van der Waals surface area contributed by atoms with Crippen LogP contribution in [0.2, 0.25) is 0 Å². The van der Waals surface area contributed by atoms with Gasteiger partial charge in [0, 0.05) is 13.1 Å². The summed E-state index contributed by atoms with van der Waals surface area (Å²) in [6.07, 6.45) is -5.08. The summed E-state index contributed by atoms with van der Waals surface area (Å²) in [5, 5.41) is 10.0. The first kappa shape index (κ1) is 15.6. The van der Waals surface area contributed by atoms with E-state index in [2.05, 4.69) is 5.32 Å². The van der Waals surface area contributed by atoms with Crippen LogP contribution in [0.4, 0.5) is 13.2 Å². The summed E-state index contributed by atoms with van der Waals surface area (Å²) in [7, 11) is 0. The van der Waals surface area contributed by atoms with Gasteiger partial charge in [0.05, 0.1) is 4.99 Å². The minimum atomic E-state index is -5.08. The number of hydrogen-bond donors (Lipinski definition) is 3. The number of carboxylic acid groups (broad SMARTS) is 1. The topological polar surface area (TPSA) is 75.3 Å². The van der Waals surface area contributed by atoms with Gasteiger partial charge in [0.15, 0.2) is 0 Å². The summed E-state index contributed by atoms with van der Waals surface area (Å²) < 4.78 is 31.7. The second kappa shape index (κ2) is 7.51. The van der Waals surface area contributed by atoms with Crippen LogP contribution in [-0.4, -0.2) is 35.3 Å². The standard InChI is InChI=1S/C4H10N2S.C2HF3O2/c1-4(7)6-3-2-5;3-2(4,5)1(6)7/h2-3,5H2,1H3,(H,6,7);(H,6,7). The number of aliphatic carboxylic acids is 1. The van der Waals surface area contributed by atoms with E-state index < -0.39 is 12.1 Å². The van der Waals surface area contributed by atoms with Crippen molar-refractivity contribution in [3.8, 4) is 0 Å². The Morgan fingerprint density at radius 3 is 2.00 bits per heavy atom. The van der Waals surface area contributed by atoms with Crippen LogP contribution >= 0.6 is 12.2 Å². The molecule has 0 aromatic carbocycles. The van der Waals surface area contributed by atoms with Crippen molar-refractivity contribution in [2.24, 2.45) is 5.73 Å². The van der Waals surface area contributed by atoms with Crippen LogP contribution in [0, 0.1) is 0 Å². The Balaban J connectivity index is 0. The second-order valence-corrected chi connectivity index (χ2v) is 2.69. The molecule has 0 bridgehead atoms. The normalized spacial score (nSPS) is 9.79. The van der Waals surface area contributed by atoms with Crippen molar-refractivity contribution < 1.29 is 23.1 Å². The highest BCUT2D eigenvalue weighted by Crippen LogP contribution is 2.13. The predicted molar refractivity (Wildman–Crippen MR) is 49.0 cm³/mol. The molecular weight excluding hydrogens is 221 g/mol. The molecule has 0 aliphatic rings. The number of carbonyl (C=O) groups is 1. The molecule has 0 aliphatic heterocycles.